The molecule has 0 bridgehead atoms. The standard InChI is InChI=1S/C18H13Cl2N5/c1-11-2-5-13(8-16(11)20)24-17-15-9-23-25(18(15)22-10-21-17)14-6-3-12(19)4-7-14/h2-10H,1H3,(H,21,22,24). The highest BCUT2D eigenvalue weighted by atomic mass is 35.5. The Hall–Kier alpha value is -2.63. The van der Waals surface area contributed by atoms with E-state index in [-0.39, 0.29) is 0 Å². The molecule has 0 saturated carbocycles. The minimum absolute atomic E-state index is 0.671. The van der Waals surface area contributed by atoms with E-state index in [0.717, 1.165) is 22.3 Å². The molecule has 2 aromatic carbocycles. The van der Waals surface area contributed by atoms with Crippen LogP contribution in [0.3, 0.4) is 0 Å². The Bertz CT molecular complexity index is 1060. The van der Waals surface area contributed by atoms with Crippen LogP contribution in [0.25, 0.3) is 16.7 Å². The molecule has 0 unspecified atom stereocenters. The molecule has 0 amide bonds. The van der Waals surface area contributed by atoms with Crippen molar-refractivity contribution in [2.45, 2.75) is 6.92 Å². The molecule has 4 rings (SSSR count). The highest BCUT2D eigenvalue weighted by Gasteiger charge is 2.11. The van der Waals surface area contributed by atoms with Crippen LogP contribution < -0.4 is 5.32 Å². The van der Waals surface area contributed by atoms with Crippen LogP contribution in [0, 0.1) is 6.92 Å². The summed E-state index contributed by atoms with van der Waals surface area (Å²) in [5, 5.41) is 9.90. The van der Waals surface area contributed by atoms with E-state index in [0.29, 0.717) is 21.5 Å². The van der Waals surface area contributed by atoms with Crippen LogP contribution in [0.5, 0.6) is 0 Å². The normalized spacial score (nSPS) is 11.0. The molecule has 7 heteroatoms. The predicted molar refractivity (Wildman–Crippen MR) is 101 cm³/mol. The molecule has 25 heavy (non-hydrogen) atoms. The van der Waals surface area contributed by atoms with Gasteiger partial charge in [-0.05, 0) is 48.9 Å². The van der Waals surface area contributed by atoms with Crippen molar-refractivity contribution in [2.75, 3.05) is 5.32 Å². The molecule has 0 atom stereocenters. The quantitative estimate of drug-likeness (QED) is 0.540. The van der Waals surface area contributed by atoms with Crippen LogP contribution in [0.2, 0.25) is 10.0 Å². The van der Waals surface area contributed by atoms with Gasteiger partial charge >= 0.3 is 0 Å². The molecular formula is C18H13Cl2N5. The largest absolute Gasteiger partial charge is 0.339 e. The van der Waals surface area contributed by atoms with Crippen molar-refractivity contribution in [1.29, 1.82) is 0 Å². The molecule has 124 valence electrons. The number of nitrogens with zero attached hydrogens (tertiary/aromatic N) is 4. The van der Waals surface area contributed by atoms with Crippen LogP contribution in [0.15, 0.2) is 55.0 Å². The molecule has 0 aliphatic carbocycles. The Balaban J connectivity index is 1.76. The van der Waals surface area contributed by atoms with Crippen LogP contribution in [0.1, 0.15) is 5.56 Å². The molecule has 0 radical (unpaired) electrons. The minimum atomic E-state index is 0.671. The summed E-state index contributed by atoms with van der Waals surface area (Å²) in [6.07, 6.45) is 3.25. The Kier molecular flexibility index (Phi) is 4.03. The summed E-state index contributed by atoms with van der Waals surface area (Å²) >= 11 is 12.1. The second kappa shape index (κ2) is 6.35. The van der Waals surface area contributed by atoms with Crippen molar-refractivity contribution >= 4 is 45.7 Å². The third kappa shape index (κ3) is 3.04. The molecule has 0 aliphatic heterocycles. The first-order valence-electron chi connectivity index (χ1n) is 7.60. The van der Waals surface area contributed by atoms with Gasteiger partial charge in [-0.2, -0.15) is 5.10 Å². The third-order valence-electron chi connectivity index (χ3n) is 3.87. The summed E-state index contributed by atoms with van der Waals surface area (Å²) in [7, 11) is 0. The Morgan fingerprint density at radius 2 is 1.80 bits per heavy atom. The number of hydrogen-bond donors (Lipinski definition) is 1. The molecule has 0 saturated heterocycles. The number of hydrogen-bond acceptors (Lipinski definition) is 4. The van der Waals surface area contributed by atoms with E-state index in [1.165, 1.54) is 6.33 Å². The van der Waals surface area contributed by atoms with Crippen LogP contribution in [0.4, 0.5) is 11.5 Å². The van der Waals surface area contributed by atoms with Crippen molar-refractivity contribution in [2.24, 2.45) is 0 Å². The van der Waals surface area contributed by atoms with Crippen LogP contribution in [-0.4, -0.2) is 19.7 Å². The van der Waals surface area contributed by atoms with Gasteiger partial charge in [0.15, 0.2) is 5.65 Å². The predicted octanol–water partition coefficient (Wildman–Crippen LogP) is 5.17. The second-order valence-corrected chi connectivity index (χ2v) is 6.42. The van der Waals surface area contributed by atoms with Gasteiger partial charge in [-0.3, -0.25) is 0 Å². The lowest BCUT2D eigenvalue weighted by Crippen LogP contribution is -1.99. The summed E-state index contributed by atoms with van der Waals surface area (Å²) in [5.74, 6) is 0.671. The maximum absolute atomic E-state index is 6.20. The summed E-state index contributed by atoms with van der Waals surface area (Å²) < 4.78 is 1.75. The van der Waals surface area contributed by atoms with Crippen molar-refractivity contribution < 1.29 is 0 Å². The van der Waals surface area contributed by atoms with Crippen molar-refractivity contribution in [3.8, 4) is 5.69 Å². The van der Waals surface area contributed by atoms with Gasteiger partial charge in [-0.1, -0.05) is 29.3 Å². The molecule has 2 heterocycles. The van der Waals surface area contributed by atoms with E-state index in [4.69, 9.17) is 23.2 Å². The average molecular weight is 370 g/mol. The number of fused-ring (bicyclic) bond motifs is 1. The smallest absolute Gasteiger partial charge is 0.168 e. The fourth-order valence-corrected chi connectivity index (χ4v) is 2.83. The summed E-state index contributed by atoms with van der Waals surface area (Å²) in [5.41, 5.74) is 3.46. The summed E-state index contributed by atoms with van der Waals surface area (Å²) in [6.45, 7) is 1.96. The van der Waals surface area contributed by atoms with Gasteiger partial charge in [0.25, 0.3) is 0 Å². The van der Waals surface area contributed by atoms with Crippen LogP contribution >= 0.6 is 23.2 Å². The van der Waals surface area contributed by atoms with E-state index in [2.05, 4.69) is 20.4 Å². The zero-order chi connectivity index (χ0) is 17.4. The molecule has 0 spiro atoms. The zero-order valence-corrected chi connectivity index (χ0v) is 14.8. The van der Waals surface area contributed by atoms with Crippen molar-refractivity contribution in [3.63, 3.8) is 0 Å². The zero-order valence-electron chi connectivity index (χ0n) is 13.2. The molecule has 5 nitrogen and oxygen atoms in total. The van der Waals surface area contributed by atoms with E-state index >= 15 is 0 Å². The summed E-state index contributed by atoms with van der Waals surface area (Å²) in [6, 6.07) is 13.2. The van der Waals surface area contributed by atoms with Gasteiger partial charge in [0, 0.05) is 15.7 Å². The highest BCUT2D eigenvalue weighted by Crippen LogP contribution is 2.27. The second-order valence-electron chi connectivity index (χ2n) is 5.58. The van der Waals surface area contributed by atoms with Crippen molar-refractivity contribution in [1.82, 2.24) is 19.7 Å². The molecule has 4 aromatic rings. The first-order chi connectivity index (χ1) is 12.1. The van der Waals surface area contributed by atoms with E-state index in [1.54, 1.807) is 10.9 Å². The first kappa shape index (κ1) is 15.9. The lowest BCUT2D eigenvalue weighted by atomic mass is 10.2. The van der Waals surface area contributed by atoms with Gasteiger partial charge < -0.3 is 5.32 Å². The fraction of sp³-hybridized carbons (Fsp3) is 0.0556. The fourth-order valence-electron chi connectivity index (χ4n) is 2.52. The molecule has 0 fully saturated rings. The van der Waals surface area contributed by atoms with Gasteiger partial charge in [-0.15, -0.1) is 0 Å². The van der Waals surface area contributed by atoms with E-state index in [1.807, 2.05) is 49.4 Å². The molecule has 2 aromatic heterocycles. The maximum atomic E-state index is 6.20. The lowest BCUT2D eigenvalue weighted by Gasteiger charge is -2.08. The topological polar surface area (TPSA) is 55.6 Å². The Morgan fingerprint density at radius 3 is 2.56 bits per heavy atom. The first-order valence-corrected chi connectivity index (χ1v) is 8.35. The van der Waals surface area contributed by atoms with Gasteiger partial charge in [-0.25, -0.2) is 14.6 Å². The number of rotatable bonds is 3. The summed E-state index contributed by atoms with van der Waals surface area (Å²) in [4.78, 5) is 8.70. The third-order valence-corrected chi connectivity index (χ3v) is 4.53. The number of nitrogens with one attached hydrogen (secondary N) is 1. The van der Waals surface area contributed by atoms with Crippen LogP contribution in [-0.2, 0) is 0 Å². The lowest BCUT2D eigenvalue weighted by molar-refractivity contribution is 0.895. The monoisotopic (exact) mass is 369 g/mol. The number of aromatic nitrogens is 4. The molecule has 1 N–H and O–H groups in total. The van der Waals surface area contributed by atoms with E-state index in [9.17, 15) is 0 Å². The maximum Gasteiger partial charge on any atom is 0.168 e. The van der Waals surface area contributed by atoms with E-state index < -0.39 is 0 Å². The molecule has 0 aliphatic rings. The highest BCUT2D eigenvalue weighted by molar-refractivity contribution is 6.31. The number of benzene rings is 2. The SMILES string of the molecule is Cc1ccc(Nc2ncnc3c2cnn3-c2ccc(Cl)cc2)cc1Cl. The minimum Gasteiger partial charge on any atom is -0.339 e. The number of anilines is 2. The average Bonchev–Trinajstić information content (AvgIpc) is 3.04. The Morgan fingerprint density at radius 1 is 1.00 bits per heavy atom. The number of halogens is 2. The van der Waals surface area contributed by atoms with Gasteiger partial charge in [0.1, 0.15) is 12.1 Å². The number of aryl methyl sites for hydroxylation is 1. The molecular weight excluding hydrogens is 357 g/mol. The van der Waals surface area contributed by atoms with Gasteiger partial charge in [0.2, 0.25) is 0 Å². The Labute approximate surface area is 154 Å². The van der Waals surface area contributed by atoms with Gasteiger partial charge in [0.05, 0.1) is 17.3 Å². The van der Waals surface area contributed by atoms with Crippen molar-refractivity contribution in [3.05, 3.63) is 70.6 Å².